The van der Waals surface area contributed by atoms with Gasteiger partial charge in [0.1, 0.15) is 11.6 Å². The second kappa shape index (κ2) is 6.59. The van der Waals surface area contributed by atoms with Crippen molar-refractivity contribution < 1.29 is 9.15 Å². The van der Waals surface area contributed by atoms with Gasteiger partial charge in [-0.25, -0.2) is 0 Å². The first-order valence-electron chi connectivity index (χ1n) is 8.65. The normalized spacial score (nSPS) is 18.3. The van der Waals surface area contributed by atoms with Crippen molar-refractivity contribution in [3.05, 3.63) is 29.5 Å². The molecule has 24 heavy (non-hydrogen) atoms. The lowest BCUT2D eigenvalue weighted by atomic mass is 9.95. The Bertz CT molecular complexity index is 677. The fourth-order valence-corrected chi connectivity index (χ4v) is 3.19. The Morgan fingerprint density at radius 3 is 2.71 bits per heavy atom. The fraction of sp³-hybridized carbons (Fsp3) is 0.667. The smallest absolute Gasteiger partial charge is 0.227 e. The lowest BCUT2D eigenvalue weighted by molar-refractivity contribution is 0.0958. The van der Waals surface area contributed by atoms with Crippen LogP contribution in [0.2, 0.25) is 0 Å². The van der Waals surface area contributed by atoms with Crippen LogP contribution in [-0.2, 0) is 23.2 Å². The Labute approximate surface area is 143 Å². The number of rotatable bonds is 5. The van der Waals surface area contributed by atoms with Gasteiger partial charge in [-0.3, -0.25) is 4.57 Å². The Morgan fingerprint density at radius 2 is 2.12 bits per heavy atom. The molecule has 3 heterocycles. The van der Waals surface area contributed by atoms with Crippen LogP contribution in [0, 0.1) is 6.92 Å². The van der Waals surface area contributed by atoms with E-state index < -0.39 is 0 Å². The van der Waals surface area contributed by atoms with Crippen LogP contribution in [0.3, 0.4) is 0 Å². The van der Waals surface area contributed by atoms with Crippen molar-refractivity contribution in [2.45, 2.75) is 65.1 Å². The molecular formula is C18H28N4O2. The molecule has 2 aromatic rings. The molecule has 132 valence electrons. The summed E-state index contributed by atoms with van der Waals surface area (Å²) in [5, 5.41) is 8.98. The van der Waals surface area contributed by atoms with Gasteiger partial charge in [0.15, 0.2) is 0 Å². The molecule has 2 aromatic heterocycles. The summed E-state index contributed by atoms with van der Waals surface area (Å²) in [6.45, 7) is 10.9. The van der Waals surface area contributed by atoms with Crippen molar-refractivity contribution in [3.8, 4) is 0 Å². The van der Waals surface area contributed by atoms with E-state index in [2.05, 4.69) is 47.5 Å². The molecule has 6 nitrogen and oxygen atoms in total. The number of aromatic nitrogens is 3. The summed E-state index contributed by atoms with van der Waals surface area (Å²) >= 11 is 0. The summed E-state index contributed by atoms with van der Waals surface area (Å²) in [7, 11) is 2.05. The summed E-state index contributed by atoms with van der Waals surface area (Å²) < 4.78 is 13.5. The van der Waals surface area contributed by atoms with E-state index in [0.29, 0.717) is 0 Å². The number of furan rings is 1. The first-order chi connectivity index (χ1) is 11.4. The number of nitrogens with zero attached hydrogens (tertiary/aromatic N) is 4. The highest BCUT2D eigenvalue weighted by Gasteiger charge is 2.28. The van der Waals surface area contributed by atoms with Gasteiger partial charge in [0.05, 0.1) is 18.9 Å². The van der Waals surface area contributed by atoms with Crippen LogP contribution in [-0.4, -0.2) is 34.5 Å². The zero-order valence-electron chi connectivity index (χ0n) is 15.4. The summed E-state index contributed by atoms with van der Waals surface area (Å²) in [4.78, 5) is 2.13. The van der Waals surface area contributed by atoms with Crippen LogP contribution in [0.25, 0.3) is 0 Å². The molecule has 0 aromatic carbocycles. The molecular weight excluding hydrogens is 304 g/mol. The van der Waals surface area contributed by atoms with Gasteiger partial charge in [0, 0.05) is 31.2 Å². The third kappa shape index (κ3) is 3.48. The van der Waals surface area contributed by atoms with Crippen LogP contribution in [0.4, 0.5) is 5.95 Å². The predicted octanol–water partition coefficient (Wildman–Crippen LogP) is 3.29. The molecule has 6 heteroatoms. The van der Waals surface area contributed by atoms with Crippen LogP contribution in [0.15, 0.2) is 16.7 Å². The van der Waals surface area contributed by atoms with Crippen LogP contribution in [0.1, 0.15) is 50.8 Å². The summed E-state index contributed by atoms with van der Waals surface area (Å²) in [6.07, 6.45) is 4.23. The lowest BCUT2D eigenvalue weighted by Gasteiger charge is -2.25. The largest absolute Gasteiger partial charge is 0.469 e. The van der Waals surface area contributed by atoms with E-state index in [4.69, 9.17) is 9.15 Å². The monoisotopic (exact) mass is 332 g/mol. The minimum Gasteiger partial charge on any atom is -0.469 e. The van der Waals surface area contributed by atoms with Gasteiger partial charge < -0.3 is 14.1 Å². The molecule has 0 amide bonds. The Morgan fingerprint density at radius 1 is 1.33 bits per heavy atom. The lowest BCUT2D eigenvalue weighted by Crippen LogP contribution is -2.28. The topological polar surface area (TPSA) is 56.3 Å². The first-order valence-corrected chi connectivity index (χ1v) is 8.65. The van der Waals surface area contributed by atoms with Crippen molar-refractivity contribution >= 4 is 5.95 Å². The van der Waals surface area contributed by atoms with Crippen LogP contribution >= 0.6 is 0 Å². The Hall–Kier alpha value is -1.82. The minimum absolute atomic E-state index is 0.0593. The summed E-state index contributed by atoms with van der Waals surface area (Å²) in [5.41, 5.74) is 1.11. The average Bonchev–Trinajstić information content (AvgIpc) is 3.21. The maximum absolute atomic E-state index is 5.84. The number of hydrogen-bond acceptors (Lipinski definition) is 5. The standard InChI is InChI=1S/C18H28N4O2/c1-13-14(8-10-23-13)11-21(5)17-20-19-16(18(2,3)4)22(17)12-15-7-6-9-24-15/h8,10,15H,6-7,9,11-12H2,1-5H3. The number of ether oxygens (including phenoxy) is 1. The van der Waals surface area contributed by atoms with Gasteiger partial charge in [0.25, 0.3) is 0 Å². The molecule has 1 saturated heterocycles. The fourth-order valence-electron chi connectivity index (χ4n) is 3.19. The van der Waals surface area contributed by atoms with E-state index in [0.717, 1.165) is 50.1 Å². The molecule has 3 rings (SSSR count). The third-order valence-electron chi connectivity index (χ3n) is 4.53. The summed E-state index contributed by atoms with van der Waals surface area (Å²) in [6, 6.07) is 2.01. The van der Waals surface area contributed by atoms with Crippen LogP contribution in [0.5, 0.6) is 0 Å². The second-order valence-electron chi connectivity index (χ2n) is 7.68. The predicted molar refractivity (Wildman–Crippen MR) is 93.2 cm³/mol. The van der Waals surface area contributed by atoms with Gasteiger partial charge in [0.2, 0.25) is 5.95 Å². The molecule has 0 spiro atoms. The van der Waals surface area contributed by atoms with E-state index in [1.807, 2.05) is 13.0 Å². The molecule has 0 aliphatic carbocycles. The van der Waals surface area contributed by atoms with E-state index >= 15 is 0 Å². The summed E-state index contributed by atoms with van der Waals surface area (Å²) in [5.74, 6) is 2.84. The molecule has 1 aliphatic rings. The van der Waals surface area contributed by atoms with Gasteiger partial charge in [-0.15, -0.1) is 10.2 Å². The molecule has 0 N–H and O–H groups in total. The van der Waals surface area contributed by atoms with E-state index in [9.17, 15) is 0 Å². The van der Waals surface area contributed by atoms with E-state index in [1.54, 1.807) is 6.26 Å². The van der Waals surface area contributed by atoms with E-state index in [1.165, 1.54) is 5.56 Å². The Kier molecular flexibility index (Phi) is 4.67. The van der Waals surface area contributed by atoms with Crippen molar-refractivity contribution in [1.29, 1.82) is 0 Å². The maximum atomic E-state index is 5.84. The van der Waals surface area contributed by atoms with Crippen molar-refractivity contribution in [2.75, 3.05) is 18.6 Å². The number of anilines is 1. The number of aryl methyl sites for hydroxylation is 1. The number of hydrogen-bond donors (Lipinski definition) is 0. The molecule has 0 bridgehead atoms. The van der Waals surface area contributed by atoms with Crippen LogP contribution < -0.4 is 4.90 Å². The average molecular weight is 332 g/mol. The molecule has 1 atom stereocenters. The first kappa shape index (κ1) is 17.0. The zero-order chi connectivity index (χ0) is 17.3. The van der Waals surface area contributed by atoms with Gasteiger partial charge in [-0.1, -0.05) is 20.8 Å². The highest BCUT2D eigenvalue weighted by Crippen LogP contribution is 2.27. The second-order valence-corrected chi connectivity index (χ2v) is 7.68. The highest BCUT2D eigenvalue weighted by molar-refractivity contribution is 5.34. The van der Waals surface area contributed by atoms with Crippen molar-refractivity contribution in [2.24, 2.45) is 0 Å². The molecule has 0 saturated carbocycles. The quantitative estimate of drug-likeness (QED) is 0.841. The SMILES string of the molecule is Cc1occc1CN(C)c1nnc(C(C)(C)C)n1CC1CCCO1. The van der Waals surface area contributed by atoms with Gasteiger partial charge >= 0.3 is 0 Å². The Balaban J connectivity index is 1.88. The van der Waals surface area contributed by atoms with Crippen molar-refractivity contribution in [1.82, 2.24) is 14.8 Å². The van der Waals surface area contributed by atoms with E-state index in [-0.39, 0.29) is 11.5 Å². The maximum Gasteiger partial charge on any atom is 0.227 e. The van der Waals surface area contributed by atoms with Crippen molar-refractivity contribution in [3.63, 3.8) is 0 Å². The zero-order valence-corrected chi connectivity index (χ0v) is 15.4. The van der Waals surface area contributed by atoms with Gasteiger partial charge in [-0.05, 0) is 25.8 Å². The molecule has 1 aliphatic heterocycles. The molecule has 0 radical (unpaired) electrons. The van der Waals surface area contributed by atoms with Gasteiger partial charge in [-0.2, -0.15) is 0 Å². The minimum atomic E-state index is -0.0593. The molecule has 1 unspecified atom stereocenters. The molecule has 1 fully saturated rings. The highest BCUT2D eigenvalue weighted by atomic mass is 16.5. The third-order valence-corrected chi connectivity index (χ3v) is 4.53.